The van der Waals surface area contributed by atoms with Gasteiger partial charge < -0.3 is 0 Å². The second-order valence-electron chi connectivity index (χ2n) is 6.90. The minimum atomic E-state index is -0.763. The molecule has 154 valence electrons. The number of anilines is 1. The van der Waals surface area contributed by atoms with E-state index in [1.165, 1.54) is 6.08 Å². The van der Waals surface area contributed by atoms with Crippen molar-refractivity contribution in [1.29, 1.82) is 0 Å². The van der Waals surface area contributed by atoms with E-state index in [4.69, 9.17) is 0 Å². The van der Waals surface area contributed by atoms with E-state index in [1.54, 1.807) is 30.3 Å². The van der Waals surface area contributed by atoms with Crippen LogP contribution in [0.3, 0.4) is 0 Å². The number of benzene rings is 3. The van der Waals surface area contributed by atoms with Crippen LogP contribution in [0.15, 0.2) is 87.3 Å². The highest BCUT2D eigenvalue weighted by atomic mass is 79.9. The van der Waals surface area contributed by atoms with Gasteiger partial charge in [-0.3, -0.25) is 14.9 Å². The van der Waals surface area contributed by atoms with Gasteiger partial charge in [-0.15, -0.1) is 0 Å². The molecular formula is C24H16Br2N2O3. The monoisotopic (exact) mass is 538 g/mol. The molecule has 5 nitrogen and oxygen atoms in total. The van der Waals surface area contributed by atoms with Crippen LogP contribution in [0.25, 0.3) is 6.08 Å². The number of urea groups is 1. The lowest BCUT2D eigenvalue weighted by atomic mass is 9.97. The Bertz CT molecular complexity index is 1220. The Morgan fingerprint density at radius 1 is 0.839 bits per heavy atom. The van der Waals surface area contributed by atoms with Gasteiger partial charge in [-0.2, -0.15) is 0 Å². The maximum absolute atomic E-state index is 13.1. The minimum Gasteiger partial charge on any atom is -0.273 e. The summed E-state index contributed by atoms with van der Waals surface area (Å²) in [7, 11) is 0. The highest BCUT2D eigenvalue weighted by Crippen LogP contribution is 2.27. The maximum atomic E-state index is 13.1. The van der Waals surface area contributed by atoms with Gasteiger partial charge in [0.15, 0.2) is 0 Å². The molecule has 3 aromatic rings. The van der Waals surface area contributed by atoms with Crippen molar-refractivity contribution in [2.75, 3.05) is 4.90 Å². The van der Waals surface area contributed by atoms with E-state index < -0.39 is 17.8 Å². The number of nitrogens with zero attached hydrogens (tertiary/aromatic N) is 1. The third-order valence-corrected chi connectivity index (χ3v) is 6.13. The van der Waals surface area contributed by atoms with E-state index in [0.717, 1.165) is 25.0 Å². The van der Waals surface area contributed by atoms with Crippen LogP contribution in [-0.2, 0) is 16.0 Å². The third-order valence-electron chi connectivity index (χ3n) is 4.86. The van der Waals surface area contributed by atoms with Crippen molar-refractivity contribution in [3.63, 3.8) is 0 Å². The topological polar surface area (TPSA) is 66.5 Å². The average molecular weight is 540 g/mol. The lowest BCUT2D eigenvalue weighted by Gasteiger charge is -2.26. The number of rotatable bonds is 4. The lowest BCUT2D eigenvalue weighted by Crippen LogP contribution is -2.54. The van der Waals surface area contributed by atoms with Gasteiger partial charge in [-0.1, -0.05) is 74.3 Å². The van der Waals surface area contributed by atoms with Gasteiger partial charge in [0.1, 0.15) is 5.57 Å². The fourth-order valence-corrected chi connectivity index (χ4v) is 4.14. The molecule has 1 N–H and O–H groups in total. The Balaban J connectivity index is 1.75. The van der Waals surface area contributed by atoms with Gasteiger partial charge in [0, 0.05) is 8.95 Å². The molecule has 7 heteroatoms. The zero-order valence-corrected chi connectivity index (χ0v) is 19.3. The van der Waals surface area contributed by atoms with E-state index in [2.05, 4.69) is 37.2 Å². The molecule has 0 radical (unpaired) electrons. The smallest absolute Gasteiger partial charge is 0.273 e. The molecule has 0 spiro atoms. The molecule has 1 heterocycles. The van der Waals surface area contributed by atoms with Crippen LogP contribution in [0.1, 0.15) is 16.7 Å². The van der Waals surface area contributed by atoms with Crippen LogP contribution in [0.5, 0.6) is 0 Å². The second-order valence-corrected chi connectivity index (χ2v) is 8.67. The Hall–Kier alpha value is -3.03. The van der Waals surface area contributed by atoms with Crippen molar-refractivity contribution in [1.82, 2.24) is 5.32 Å². The third kappa shape index (κ3) is 4.52. The first-order chi connectivity index (χ1) is 14.9. The molecule has 4 amide bonds. The first-order valence-electron chi connectivity index (χ1n) is 9.42. The van der Waals surface area contributed by atoms with E-state index >= 15 is 0 Å². The highest BCUT2D eigenvalue weighted by Gasteiger charge is 2.36. The zero-order valence-electron chi connectivity index (χ0n) is 16.1. The average Bonchev–Trinajstić information content (AvgIpc) is 2.75. The second kappa shape index (κ2) is 8.99. The number of imide groups is 2. The number of nitrogens with one attached hydrogen (secondary N) is 1. The summed E-state index contributed by atoms with van der Waals surface area (Å²) >= 11 is 7.02. The molecular weight excluding hydrogens is 524 g/mol. The van der Waals surface area contributed by atoms with Gasteiger partial charge in [0.05, 0.1) is 5.69 Å². The minimum absolute atomic E-state index is 0.102. The molecule has 1 saturated heterocycles. The number of carbonyl (C=O) groups is 3. The molecule has 0 bridgehead atoms. The van der Waals surface area contributed by atoms with Crippen molar-refractivity contribution in [2.24, 2.45) is 0 Å². The molecule has 0 aliphatic carbocycles. The quantitative estimate of drug-likeness (QED) is 0.353. The lowest BCUT2D eigenvalue weighted by molar-refractivity contribution is -0.122. The first kappa shape index (κ1) is 21.2. The van der Waals surface area contributed by atoms with Crippen LogP contribution >= 0.6 is 31.9 Å². The number of hydrogen-bond donors (Lipinski definition) is 1. The largest absolute Gasteiger partial charge is 0.335 e. The van der Waals surface area contributed by atoms with Crippen molar-refractivity contribution in [2.45, 2.75) is 6.42 Å². The standard InChI is InChI=1S/C24H16Br2N2O3/c25-18-11-10-15(12-16-6-4-5-9-21(16)26)17(13-18)14-20-22(29)27-24(31)28(23(20)30)19-7-2-1-3-8-19/h1-11,13-14H,12H2,(H,27,29,31)/b20-14+. The van der Waals surface area contributed by atoms with E-state index in [0.29, 0.717) is 17.7 Å². The van der Waals surface area contributed by atoms with Crippen LogP contribution < -0.4 is 10.2 Å². The van der Waals surface area contributed by atoms with E-state index in [9.17, 15) is 14.4 Å². The molecule has 0 aromatic heterocycles. The summed E-state index contributed by atoms with van der Waals surface area (Å²) < 4.78 is 1.79. The van der Waals surface area contributed by atoms with Crippen LogP contribution in [0.4, 0.5) is 10.5 Å². The Morgan fingerprint density at radius 3 is 2.29 bits per heavy atom. The van der Waals surface area contributed by atoms with Crippen molar-refractivity contribution >= 4 is 61.5 Å². The zero-order chi connectivity index (χ0) is 22.0. The summed E-state index contributed by atoms with van der Waals surface area (Å²) in [5.74, 6) is -1.37. The van der Waals surface area contributed by atoms with Crippen LogP contribution in [0.2, 0.25) is 0 Å². The molecule has 0 saturated carbocycles. The normalized spacial score (nSPS) is 15.4. The maximum Gasteiger partial charge on any atom is 0.335 e. The number of halogens is 2. The molecule has 3 aromatic carbocycles. The molecule has 31 heavy (non-hydrogen) atoms. The molecule has 0 unspecified atom stereocenters. The van der Waals surface area contributed by atoms with Crippen molar-refractivity contribution < 1.29 is 14.4 Å². The fourth-order valence-electron chi connectivity index (χ4n) is 3.33. The van der Waals surface area contributed by atoms with Gasteiger partial charge in [-0.25, -0.2) is 9.69 Å². The number of amides is 4. The van der Waals surface area contributed by atoms with Crippen molar-refractivity contribution in [3.05, 3.63) is 104 Å². The van der Waals surface area contributed by atoms with Crippen molar-refractivity contribution in [3.8, 4) is 0 Å². The summed E-state index contributed by atoms with van der Waals surface area (Å²) in [6.07, 6.45) is 2.14. The predicted molar refractivity (Wildman–Crippen MR) is 127 cm³/mol. The Kier molecular flexibility index (Phi) is 6.15. The SMILES string of the molecule is O=C1NC(=O)N(c2ccccc2)C(=O)/C1=C/c1cc(Br)ccc1Cc1ccccc1Br. The Labute approximate surface area is 196 Å². The van der Waals surface area contributed by atoms with Gasteiger partial charge in [0.25, 0.3) is 11.8 Å². The fraction of sp³-hybridized carbons (Fsp3) is 0.0417. The first-order valence-corrected chi connectivity index (χ1v) is 11.0. The summed E-state index contributed by atoms with van der Waals surface area (Å²) in [4.78, 5) is 39.0. The van der Waals surface area contributed by atoms with Gasteiger partial charge in [0.2, 0.25) is 0 Å². The van der Waals surface area contributed by atoms with E-state index in [-0.39, 0.29) is 5.57 Å². The van der Waals surface area contributed by atoms with E-state index in [1.807, 2.05) is 42.5 Å². The molecule has 1 aliphatic rings. The molecule has 4 rings (SSSR count). The van der Waals surface area contributed by atoms with Crippen LogP contribution in [-0.4, -0.2) is 17.8 Å². The van der Waals surface area contributed by atoms with Gasteiger partial charge in [-0.05, 0) is 59.5 Å². The number of barbiturate groups is 1. The summed E-state index contributed by atoms with van der Waals surface area (Å²) in [6.45, 7) is 0. The molecule has 1 fully saturated rings. The number of hydrogen-bond acceptors (Lipinski definition) is 3. The molecule has 0 atom stereocenters. The number of para-hydroxylation sites is 1. The Morgan fingerprint density at radius 2 is 1.55 bits per heavy atom. The summed E-state index contributed by atoms with van der Waals surface area (Å²) in [6, 6.07) is 21.3. The van der Waals surface area contributed by atoms with Crippen LogP contribution in [0, 0.1) is 0 Å². The summed E-state index contributed by atoms with van der Waals surface area (Å²) in [5, 5.41) is 2.26. The molecule has 1 aliphatic heterocycles. The highest BCUT2D eigenvalue weighted by molar-refractivity contribution is 9.10. The predicted octanol–water partition coefficient (Wildman–Crippen LogP) is 5.47. The van der Waals surface area contributed by atoms with Gasteiger partial charge >= 0.3 is 6.03 Å². The summed E-state index contributed by atoms with van der Waals surface area (Å²) in [5.41, 5.74) is 3.02. The number of carbonyl (C=O) groups excluding carboxylic acids is 3.